The molecule has 0 aliphatic carbocycles. The van der Waals surface area contributed by atoms with Crippen LogP contribution in [0.3, 0.4) is 0 Å². The Morgan fingerprint density at radius 3 is 2.75 bits per heavy atom. The number of methoxy groups -OCH3 is 1. The summed E-state index contributed by atoms with van der Waals surface area (Å²) in [5, 5.41) is 19.6. The fraction of sp³-hybridized carbons (Fsp3) is 0.400. The topological polar surface area (TPSA) is 81.8 Å². The van der Waals surface area contributed by atoms with Gasteiger partial charge in [-0.1, -0.05) is 0 Å². The van der Waals surface area contributed by atoms with Crippen LogP contribution in [-0.2, 0) is 11.3 Å². The summed E-state index contributed by atoms with van der Waals surface area (Å²) in [7, 11) is 1.55. The van der Waals surface area contributed by atoms with Gasteiger partial charge in [-0.3, -0.25) is 10.1 Å². The van der Waals surface area contributed by atoms with Crippen LogP contribution in [0.4, 0.5) is 5.69 Å². The van der Waals surface area contributed by atoms with Gasteiger partial charge in [0.1, 0.15) is 12.4 Å². The molecule has 1 aromatic carbocycles. The number of hydrogen-bond acceptors (Lipinski definition) is 5. The van der Waals surface area contributed by atoms with E-state index in [-0.39, 0.29) is 12.3 Å². The van der Waals surface area contributed by atoms with Gasteiger partial charge in [0, 0.05) is 24.8 Å². The summed E-state index contributed by atoms with van der Waals surface area (Å²) in [5.41, 5.74) is 0.327. The van der Waals surface area contributed by atoms with Crippen LogP contribution in [0.25, 0.3) is 0 Å². The van der Waals surface area contributed by atoms with Crippen LogP contribution in [0, 0.1) is 10.1 Å². The van der Waals surface area contributed by atoms with Gasteiger partial charge in [0.2, 0.25) is 0 Å². The first-order valence-corrected chi connectivity index (χ1v) is 4.69. The number of nitrogens with zero attached hydrogens (tertiary/aromatic N) is 1. The average molecular weight is 227 g/mol. The number of ether oxygens (including phenoxy) is 2. The number of non-ortho nitro benzene ring substituents is 1. The molecule has 0 amide bonds. The minimum Gasteiger partial charge on any atom is -0.491 e. The Bertz CT molecular complexity index is 366. The van der Waals surface area contributed by atoms with E-state index in [4.69, 9.17) is 14.6 Å². The fourth-order valence-corrected chi connectivity index (χ4v) is 1.18. The molecule has 1 rings (SSSR count). The maximum Gasteiger partial charge on any atom is 0.270 e. The molecule has 0 aliphatic rings. The van der Waals surface area contributed by atoms with E-state index in [2.05, 4.69) is 0 Å². The number of rotatable bonds is 6. The predicted octanol–water partition coefficient (Wildman–Crippen LogP) is 1.11. The number of nitro benzene ring substituents is 1. The second-order valence-electron chi connectivity index (χ2n) is 3.05. The first kappa shape index (κ1) is 12.4. The summed E-state index contributed by atoms with van der Waals surface area (Å²) in [6.07, 6.45) is 0. The monoisotopic (exact) mass is 227 g/mol. The molecular weight excluding hydrogens is 214 g/mol. The van der Waals surface area contributed by atoms with E-state index in [1.54, 1.807) is 7.11 Å². The molecule has 0 fully saturated rings. The third kappa shape index (κ3) is 3.18. The van der Waals surface area contributed by atoms with Gasteiger partial charge in [-0.05, 0) is 6.07 Å². The molecule has 0 saturated carbocycles. The van der Waals surface area contributed by atoms with Gasteiger partial charge in [-0.15, -0.1) is 0 Å². The van der Waals surface area contributed by atoms with Gasteiger partial charge >= 0.3 is 0 Å². The molecule has 0 atom stereocenters. The maximum atomic E-state index is 10.5. The number of aliphatic hydroxyl groups is 1. The van der Waals surface area contributed by atoms with E-state index in [1.165, 1.54) is 18.2 Å². The molecule has 0 radical (unpaired) electrons. The quantitative estimate of drug-likeness (QED) is 0.447. The Hall–Kier alpha value is -1.66. The van der Waals surface area contributed by atoms with E-state index >= 15 is 0 Å². The molecule has 0 spiro atoms. The summed E-state index contributed by atoms with van der Waals surface area (Å²) >= 11 is 0. The van der Waals surface area contributed by atoms with Crippen molar-refractivity contribution in [3.63, 3.8) is 0 Å². The standard InChI is InChI=1S/C10H13NO5/c1-15-4-5-16-10-3-2-9(11(13)14)6-8(10)7-12/h2-3,6,12H,4-5,7H2,1H3. The van der Waals surface area contributed by atoms with Crippen molar-refractivity contribution in [1.29, 1.82) is 0 Å². The highest BCUT2D eigenvalue weighted by Crippen LogP contribution is 2.24. The fourth-order valence-electron chi connectivity index (χ4n) is 1.18. The zero-order chi connectivity index (χ0) is 12.0. The highest BCUT2D eigenvalue weighted by molar-refractivity contribution is 5.43. The summed E-state index contributed by atoms with van der Waals surface area (Å²) < 4.78 is 10.1. The zero-order valence-electron chi connectivity index (χ0n) is 8.88. The molecule has 0 heterocycles. The van der Waals surface area contributed by atoms with E-state index in [0.717, 1.165) is 0 Å². The van der Waals surface area contributed by atoms with Crippen LogP contribution in [0.15, 0.2) is 18.2 Å². The van der Waals surface area contributed by atoms with Crippen molar-refractivity contribution in [2.24, 2.45) is 0 Å². The smallest absolute Gasteiger partial charge is 0.270 e. The Labute approximate surface area is 92.6 Å². The molecule has 0 saturated heterocycles. The third-order valence-corrected chi connectivity index (χ3v) is 1.97. The first-order valence-electron chi connectivity index (χ1n) is 4.69. The van der Waals surface area contributed by atoms with Crippen molar-refractivity contribution >= 4 is 5.69 Å². The molecule has 0 bridgehead atoms. The molecule has 0 unspecified atom stereocenters. The highest BCUT2D eigenvalue weighted by atomic mass is 16.6. The van der Waals surface area contributed by atoms with E-state index in [0.29, 0.717) is 24.5 Å². The van der Waals surface area contributed by atoms with E-state index < -0.39 is 4.92 Å². The lowest BCUT2D eigenvalue weighted by Crippen LogP contribution is -2.06. The minimum atomic E-state index is -0.516. The van der Waals surface area contributed by atoms with Crippen LogP contribution in [0.5, 0.6) is 5.75 Å². The Morgan fingerprint density at radius 1 is 1.44 bits per heavy atom. The van der Waals surface area contributed by atoms with Crippen LogP contribution in [0.1, 0.15) is 5.56 Å². The van der Waals surface area contributed by atoms with Crippen LogP contribution in [0.2, 0.25) is 0 Å². The molecule has 88 valence electrons. The molecule has 6 nitrogen and oxygen atoms in total. The molecule has 0 aliphatic heterocycles. The van der Waals surface area contributed by atoms with E-state index in [9.17, 15) is 10.1 Å². The molecule has 0 aromatic heterocycles. The molecular formula is C10H13NO5. The lowest BCUT2D eigenvalue weighted by atomic mass is 10.2. The molecule has 6 heteroatoms. The number of nitro groups is 1. The summed E-state index contributed by atoms with van der Waals surface area (Å²) in [6.45, 7) is 0.452. The number of aliphatic hydroxyl groups excluding tert-OH is 1. The van der Waals surface area contributed by atoms with Gasteiger partial charge in [-0.2, -0.15) is 0 Å². The number of hydrogen-bond donors (Lipinski definition) is 1. The lowest BCUT2D eigenvalue weighted by molar-refractivity contribution is -0.385. The minimum absolute atomic E-state index is 0.0665. The van der Waals surface area contributed by atoms with Crippen molar-refractivity contribution in [1.82, 2.24) is 0 Å². The van der Waals surface area contributed by atoms with Gasteiger partial charge in [0.25, 0.3) is 5.69 Å². The van der Waals surface area contributed by atoms with Crippen molar-refractivity contribution in [3.05, 3.63) is 33.9 Å². The summed E-state index contributed by atoms with van der Waals surface area (Å²) in [6, 6.07) is 4.10. The summed E-state index contributed by atoms with van der Waals surface area (Å²) in [4.78, 5) is 9.99. The molecule has 16 heavy (non-hydrogen) atoms. The lowest BCUT2D eigenvalue weighted by Gasteiger charge is -2.09. The first-order chi connectivity index (χ1) is 7.69. The Kier molecular flexibility index (Phi) is 4.68. The second kappa shape index (κ2) is 6.04. The molecule has 1 aromatic rings. The van der Waals surface area contributed by atoms with Crippen LogP contribution in [-0.4, -0.2) is 30.4 Å². The van der Waals surface area contributed by atoms with Gasteiger partial charge in [0.15, 0.2) is 0 Å². The molecule has 1 N–H and O–H groups in total. The van der Waals surface area contributed by atoms with Crippen molar-refractivity contribution in [2.75, 3.05) is 20.3 Å². The van der Waals surface area contributed by atoms with E-state index in [1.807, 2.05) is 0 Å². The van der Waals surface area contributed by atoms with Crippen molar-refractivity contribution in [2.45, 2.75) is 6.61 Å². The SMILES string of the molecule is COCCOc1ccc([N+](=O)[O-])cc1CO. The Balaban J connectivity index is 2.80. The van der Waals surface area contributed by atoms with Crippen LogP contribution >= 0.6 is 0 Å². The third-order valence-electron chi connectivity index (χ3n) is 1.97. The normalized spacial score (nSPS) is 10.1. The highest BCUT2D eigenvalue weighted by Gasteiger charge is 2.10. The van der Waals surface area contributed by atoms with Crippen LogP contribution < -0.4 is 4.74 Å². The van der Waals surface area contributed by atoms with Gasteiger partial charge < -0.3 is 14.6 Å². The average Bonchev–Trinajstić information content (AvgIpc) is 2.29. The predicted molar refractivity (Wildman–Crippen MR) is 56.4 cm³/mol. The van der Waals surface area contributed by atoms with Crippen molar-refractivity contribution in [3.8, 4) is 5.75 Å². The van der Waals surface area contributed by atoms with Gasteiger partial charge in [-0.25, -0.2) is 0 Å². The maximum absolute atomic E-state index is 10.5. The van der Waals surface area contributed by atoms with Gasteiger partial charge in [0.05, 0.1) is 18.1 Å². The Morgan fingerprint density at radius 2 is 2.19 bits per heavy atom. The zero-order valence-corrected chi connectivity index (χ0v) is 8.88. The van der Waals surface area contributed by atoms with Crippen molar-refractivity contribution < 1.29 is 19.5 Å². The largest absolute Gasteiger partial charge is 0.491 e. The number of benzene rings is 1. The second-order valence-corrected chi connectivity index (χ2v) is 3.05. The summed E-state index contributed by atoms with van der Waals surface area (Å²) in [5.74, 6) is 0.435.